The number of hydrogen-bond donors (Lipinski definition) is 9. The maximum absolute atomic E-state index is 13.6. The molecule has 0 spiro atoms. The summed E-state index contributed by atoms with van der Waals surface area (Å²) >= 11 is 0. The number of ketones is 4. The van der Waals surface area contributed by atoms with Gasteiger partial charge in [-0.05, 0) is 115 Å². The van der Waals surface area contributed by atoms with Crippen LogP contribution in [0.1, 0.15) is 218 Å². The maximum Gasteiger partial charge on any atom is 0.335 e. The van der Waals surface area contributed by atoms with Crippen LogP contribution in [0.5, 0.6) is 5.75 Å². The number of benzene rings is 1. The van der Waals surface area contributed by atoms with Gasteiger partial charge in [0.25, 0.3) is 0 Å². The largest absolute Gasteiger partial charge is 0.494 e. The zero-order chi connectivity index (χ0) is 59.2. The fourth-order valence-electron chi connectivity index (χ4n) is 8.73. The summed E-state index contributed by atoms with van der Waals surface area (Å²) in [6.07, 6.45) is 14.7. The SMILES string of the molecule is CC[C@H](N)C(=O)NCCCC[C@H](CC(=O)[C@H](CCCCNC(=O)[C@@H](N)CCCCNC(=O)[C@@H](N)CCCCCC(=O)CC[C@H](NC(=O)CCCCCCCCCOc1ccc(C(=O)O)cc1)C(=O)O)CC(=O)C(C)(C)C)C(C)=O. The Labute approximate surface area is 469 Å². The number of ether oxygens (including phenoxy) is 1. The van der Waals surface area contributed by atoms with Gasteiger partial charge in [-0.2, -0.15) is 0 Å². The molecule has 0 saturated carbocycles. The zero-order valence-corrected chi connectivity index (χ0v) is 48.3. The van der Waals surface area contributed by atoms with Crippen LogP contribution in [0.25, 0.3) is 0 Å². The number of Topliss-reactive ketones (excluding diaryl/α,β-unsaturated/α-hetero) is 4. The first-order valence-electron chi connectivity index (χ1n) is 29.1. The summed E-state index contributed by atoms with van der Waals surface area (Å²) in [7, 11) is 0. The molecule has 12 N–H and O–H groups in total. The van der Waals surface area contributed by atoms with Crippen molar-refractivity contribution in [2.24, 2.45) is 34.5 Å². The molecule has 20 heteroatoms. The van der Waals surface area contributed by atoms with Crippen molar-refractivity contribution in [1.29, 1.82) is 0 Å². The number of carboxylic acid groups (broad SMARTS) is 2. The minimum absolute atomic E-state index is 0.00793. The van der Waals surface area contributed by atoms with Crippen LogP contribution in [0.2, 0.25) is 0 Å². The number of amides is 4. The van der Waals surface area contributed by atoms with Crippen LogP contribution in [-0.2, 0) is 43.2 Å². The van der Waals surface area contributed by atoms with Crippen LogP contribution in [-0.4, -0.2) is 119 Å². The van der Waals surface area contributed by atoms with E-state index in [-0.39, 0.29) is 90.9 Å². The molecule has 0 saturated heterocycles. The number of carbonyl (C=O) groups excluding carboxylic acids is 8. The van der Waals surface area contributed by atoms with Crippen molar-refractivity contribution in [1.82, 2.24) is 21.3 Å². The second kappa shape index (κ2) is 41.4. The number of hydrogen-bond acceptors (Lipinski definition) is 14. The van der Waals surface area contributed by atoms with Crippen molar-refractivity contribution in [2.45, 2.75) is 232 Å². The molecule has 448 valence electrons. The van der Waals surface area contributed by atoms with E-state index in [1.807, 2.05) is 27.7 Å². The van der Waals surface area contributed by atoms with Gasteiger partial charge in [0.05, 0.1) is 30.3 Å². The molecule has 0 aliphatic carbocycles. The Balaban J connectivity index is 2.24. The van der Waals surface area contributed by atoms with Gasteiger partial charge in [-0.3, -0.25) is 38.4 Å². The lowest BCUT2D eigenvalue weighted by Gasteiger charge is -2.23. The van der Waals surface area contributed by atoms with Gasteiger partial charge in [-0.1, -0.05) is 85.5 Å². The van der Waals surface area contributed by atoms with Gasteiger partial charge in [0.2, 0.25) is 23.6 Å². The van der Waals surface area contributed by atoms with E-state index >= 15 is 0 Å². The van der Waals surface area contributed by atoms with E-state index in [2.05, 4.69) is 21.3 Å². The van der Waals surface area contributed by atoms with E-state index in [9.17, 15) is 53.1 Å². The topological polar surface area (TPSA) is 347 Å². The molecular weight excluding hydrogens is 1010 g/mol. The molecule has 20 nitrogen and oxygen atoms in total. The quantitative estimate of drug-likeness (QED) is 0.0303. The Morgan fingerprint density at radius 3 is 1.52 bits per heavy atom. The average molecular weight is 1110 g/mol. The predicted octanol–water partition coefficient (Wildman–Crippen LogP) is 6.79. The first kappa shape index (κ1) is 71.4. The van der Waals surface area contributed by atoms with Crippen LogP contribution < -0.4 is 43.2 Å². The summed E-state index contributed by atoms with van der Waals surface area (Å²) in [4.78, 5) is 124. The van der Waals surface area contributed by atoms with Crippen LogP contribution in [0.15, 0.2) is 24.3 Å². The number of nitrogens with one attached hydrogen (secondary N) is 4. The van der Waals surface area contributed by atoms with Gasteiger partial charge in [-0.25, -0.2) is 9.59 Å². The molecule has 0 aromatic heterocycles. The molecule has 0 bridgehead atoms. The Hall–Kier alpha value is -5.60. The zero-order valence-electron chi connectivity index (χ0n) is 48.3. The molecule has 6 atom stereocenters. The number of carboxylic acids is 2. The first-order chi connectivity index (χ1) is 37.5. The molecule has 0 unspecified atom stereocenters. The highest BCUT2D eigenvalue weighted by molar-refractivity contribution is 5.93. The van der Waals surface area contributed by atoms with E-state index < -0.39 is 53.4 Å². The Kier molecular flexibility index (Phi) is 37.4. The van der Waals surface area contributed by atoms with Gasteiger partial charge in [-0.15, -0.1) is 0 Å². The van der Waals surface area contributed by atoms with Crippen molar-refractivity contribution in [3.8, 4) is 5.75 Å². The Morgan fingerprint density at radius 1 is 0.544 bits per heavy atom. The van der Waals surface area contributed by atoms with Crippen LogP contribution in [0.4, 0.5) is 0 Å². The maximum atomic E-state index is 13.6. The third-order valence-corrected chi connectivity index (χ3v) is 14.2. The Bertz CT molecular complexity index is 2030. The predicted molar refractivity (Wildman–Crippen MR) is 304 cm³/mol. The molecule has 0 radical (unpaired) electrons. The fraction of sp³-hybridized carbons (Fsp3) is 0.729. The minimum atomic E-state index is -1.18. The van der Waals surface area contributed by atoms with Crippen molar-refractivity contribution in [2.75, 3.05) is 26.2 Å². The number of nitrogens with two attached hydrogens (primary N) is 3. The minimum Gasteiger partial charge on any atom is -0.494 e. The van der Waals surface area contributed by atoms with Crippen LogP contribution in [0, 0.1) is 17.3 Å². The standard InChI is InChI=1S/C59H99N7O13/c1-6-47(60)54(72)63-35-19-16-23-43(41(2)67)39-51(69)44(40-52(70)59(3,4)5)24-17-20-36-64-56(74)49(62)27-18-21-37-65-55(73)48(61)26-14-12-13-25-45(68)31-34-50(58(77)78)66-53(71)28-15-10-8-7-9-11-22-38-79-46-32-29-42(30-33-46)57(75)76/h29-30,32-33,43-44,47-50H,6-28,31,34-40,60-62H2,1-5H3,(H,63,72)(H,64,74)(H,65,73)(H,66,71)(H,75,76)(H,77,78)/t43-,44-,47+,48+,49+,50+/m1/s1. The van der Waals surface area contributed by atoms with Crippen molar-refractivity contribution < 1.29 is 62.9 Å². The van der Waals surface area contributed by atoms with Gasteiger partial charge in [0.15, 0.2) is 0 Å². The molecule has 0 aliphatic rings. The summed E-state index contributed by atoms with van der Waals surface area (Å²) in [5.74, 6) is -4.04. The smallest absolute Gasteiger partial charge is 0.335 e. The lowest BCUT2D eigenvalue weighted by molar-refractivity contribution is -0.142. The highest BCUT2D eigenvalue weighted by Gasteiger charge is 2.30. The number of unbranched alkanes of at least 4 members (excludes halogenated alkanes) is 11. The molecule has 79 heavy (non-hydrogen) atoms. The number of aromatic carboxylic acids is 1. The van der Waals surface area contributed by atoms with Crippen molar-refractivity contribution in [3.05, 3.63) is 29.8 Å². The molecule has 1 aromatic carbocycles. The fourth-order valence-corrected chi connectivity index (χ4v) is 8.73. The normalized spacial score (nSPS) is 13.7. The molecule has 0 aliphatic heterocycles. The Morgan fingerprint density at radius 2 is 1.01 bits per heavy atom. The van der Waals surface area contributed by atoms with Crippen molar-refractivity contribution in [3.63, 3.8) is 0 Å². The first-order valence-corrected chi connectivity index (χ1v) is 29.1. The van der Waals surface area contributed by atoms with Gasteiger partial charge >= 0.3 is 11.9 Å². The monoisotopic (exact) mass is 1110 g/mol. The molecule has 0 fully saturated rings. The van der Waals surface area contributed by atoms with Gasteiger partial charge < -0.3 is 53.4 Å². The third-order valence-electron chi connectivity index (χ3n) is 14.2. The molecule has 0 heterocycles. The second-order valence-electron chi connectivity index (χ2n) is 22.2. The van der Waals surface area contributed by atoms with Gasteiger partial charge in [0, 0.05) is 69.0 Å². The lowest BCUT2D eigenvalue weighted by atomic mass is 9.79. The van der Waals surface area contributed by atoms with E-state index in [4.69, 9.17) is 27.0 Å². The molecule has 4 amide bonds. The lowest BCUT2D eigenvalue weighted by Crippen LogP contribution is -2.42. The van der Waals surface area contributed by atoms with E-state index in [0.717, 1.165) is 38.5 Å². The summed E-state index contributed by atoms with van der Waals surface area (Å²) in [6, 6.07) is 3.13. The summed E-state index contributed by atoms with van der Waals surface area (Å²) in [5.41, 5.74) is 17.6. The van der Waals surface area contributed by atoms with E-state index in [1.54, 1.807) is 12.1 Å². The highest BCUT2D eigenvalue weighted by atomic mass is 16.5. The number of rotatable bonds is 48. The molecular formula is C59H99N7O13. The van der Waals surface area contributed by atoms with Crippen LogP contribution >= 0.6 is 0 Å². The second-order valence-corrected chi connectivity index (χ2v) is 22.2. The summed E-state index contributed by atoms with van der Waals surface area (Å²) in [6.45, 7) is 10.4. The summed E-state index contributed by atoms with van der Waals surface area (Å²) in [5, 5.41) is 29.6. The summed E-state index contributed by atoms with van der Waals surface area (Å²) < 4.78 is 5.65. The third kappa shape index (κ3) is 34.2. The number of carbonyl (C=O) groups is 10. The van der Waals surface area contributed by atoms with Crippen LogP contribution in [0.3, 0.4) is 0 Å². The highest BCUT2D eigenvalue weighted by Crippen LogP contribution is 2.27. The van der Waals surface area contributed by atoms with Crippen molar-refractivity contribution >= 4 is 58.7 Å². The van der Waals surface area contributed by atoms with Gasteiger partial charge in [0.1, 0.15) is 34.9 Å². The van der Waals surface area contributed by atoms with E-state index in [0.29, 0.717) is 128 Å². The van der Waals surface area contributed by atoms with E-state index in [1.165, 1.54) is 19.1 Å². The number of aliphatic carboxylic acids is 1. The molecule has 1 rings (SSSR count). The average Bonchev–Trinajstić information content (AvgIpc) is 3.40. The molecule has 1 aromatic rings.